The molecule has 2 rings (SSSR count). The first-order chi connectivity index (χ1) is 13.9. The van der Waals surface area contributed by atoms with Gasteiger partial charge in [0.05, 0.1) is 17.5 Å². The van der Waals surface area contributed by atoms with E-state index in [2.05, 4.69) is 10.3 Å². The van der Waals surface area contributed by atoms with Gasteiger partial charge in [0.2, 0.25) is 10.0 Å². The summed E-state index contributed by atoms with van der Waals surface area (Å²) >= 11 is 0. The fourth-order valence-electron chi connectivity index (χ4n) is 3.00. The monoisotopic (exact) mass is 436 g/mol. The van der Waals surface area contributed by atoms with Crippen LogP contribution in [0.25, 0.3) is 0 Å². The van der Waals surface area contributed by atoms with E-state index in [4.69, 9.17) is 0 Å². The molecule has 8 nitrogen and oxygen atoms in total. The predicted molar refractivity (Wildman–Crippen MR) is 115 cm³/mol. The third-order valence-electron chi connectivity index (χ3n) is 4.18. The van der Waals surface area contributed by atoms with Crippen molar-refractivity contribution >= 4 is 15.9 Å². The topological polar surface area (TPSA) is 105 Å². The van der Waals surface area contributed by atoms with Crippen LogP contribution in [0.3, 0.4) is 0 Å². The second-order valence-electron chi connectivity index (χ2n) is 8.79. The molecule has 0 aliphatic rings. The van der Waals surface area contributed by atoms with Gasteiger partial charge in [0.1, 0.15) is 0 Å². The Balaban J connectivity index is 2.17. The lowest BCUT2D eigenvalue weighted by Crippen LogP contribution is -2.43. The van der Waals surface area contributed by atoms with E-state index in [1.807, 2.05) is 34.6 Å². The molecule has 30 heavy (non-hydrogen) atoms. The quantitative estimate of drug-likeness (QED) is 0.627. The first kappa shape index (κ1) is 24.0. The highest BCUT2D eigenvalue weighted by Gasteiger charge is 2.28. The lowest BCUT2D eigenvalue weighted by Gasteiger charge is -2.27. The second-order valence-corrected chi connectivity index (χ2v) is 10.7. The van der Waals surface area contributed by atoms with E-state index in [-0.39, 0.29) is 42.2 Å². The Labute approximate surface area is 179 Å². The molecule has 1 atom stereocenters. The van der Waals surface area contributed by atoms with Crippen LogP contribution < -0.4 is 5.32 Å². The summed E-state index contributed by atoms with van der Waals surface area (Å²) in [5, 5.41) is 13.5. The molecule has 166 valence electrons. The maximum absolute atomic E-state index is 13.1. The summed E-state index contributed by atoms with van der Waals surface area (Å²) in [5.41, 5.74) is -0.426. The Bertz CT molecular complexity index is 933. The van der Waals surface area contributed by atoms with Crippen molar-refractivity contribution < 1.29 is 18.3 Å². The highest BCUT2D eigenvalue weighted by Crippen LogP contribution is 2.18. The predicted octanol–water partition coefficient (Wildman–Crippen LogP) is 2.12. The second kappa shape index (κ2) is 9.72. The van der Waals surface area contributed by atoms with Crippen molar-refractivity contribution in [2.24, 2.45) is 5.92 Å². The number of nitrogens with zero attached hydrogens (tertiary/aromatic N) is 3. The molecule has 0 spiro atoms. The van der Waals surface area contributed by atoms with Crippen LogP contribution >= 0.6 is 0 Å². The molecule has 0 saturated carbocycles. The zero-order chi connectivity index (χ0) is 22.5. The molecule has 9 heteroatoms. The van der Waals surface area contributed by atoms with E-state index in [9.17, 15) is 18.3 Å². The normalized spacial score (nSPS) is 13.6. The highest BCUT2D eigenvalue weighted by molar-refractivity contribution is 7.89. The molecule has 0 bridgehead atoms. The molecule has 1 heterocycles. The van der Waals surface area contributed by atoms with Crippen LogP contribution in [0.2, 0.25) is 0 Å². The van der Waals surface area contributed by atoms with Crippen molar-refractivity contribution in [3.8, 4) is 0 Å². The zero-order valence-electron chi connectivity index (χ0n) is 18.2. The van der Waals surface area contributed by atoms with E-state index in [1.54, 1.807) is 36.5 Å². The van der Waals surface area contributed by atoms with Crippen LogP contribution in [-0.4, -0.2) is 58.0 Å². The van der Waals surface area contributed by atoms with E-state index < -0.39 is 21.7 Å². The van der Waals surface area contributed by atoms with Gasteiger partial charge in [0, 0.05) is 31.0 Å². The van der Waals surface area contributed by atoms with Crippen molar-refractivity contribution in [1.82, 2.24) is 19.2 Å². The van der Waals surface area contributed by atoms with Crippen molar-refractivity contribution in [1.29, 1.82) is 0 Å². The Morgan fingerprint density at radius 1 is 1.20 bits per heavy atom. The summed E-state index contributed by atoms with van der Waals surface area (Å²) < 4.78 is 29.0. The third-order valence-corrected chi connectivity index (χ3v) is 6.02. The van der Waals surface area contributed by atoms with Crippen molar-refractivity contribution in [2.45, 2.75) is 57.7 Å². The lowest BCUT2D eigenvalue weighted by atomic mass is 10.1. The number of sulfonamides is 1. The fourth-order valence-corrected chi connectivity index (χ4v) is 4.66. The first-order valence-corrected chi connectivity index (χ1v) is 11.4. The van der Waals surface area contributed by atoms with Crippen molar-refractivity contribution in [3.05, 3.63) is 48.5 Å². The van der Waals surface area contributed by atoms with Crippen LogP contribution in [-0.2, 0) is 16.6 Å². The number of benzene rings is 1. The Morgan fingerprint density at radius 2 is 1.83 bits per heavy atom. The molecule has 0 fully saturated rings. The molecule has 1 unspecified atom stereocenters. The Morgan fingerprint density at radius 3 is 2.40 bits per heavy atom. The first-order valence-electron chi connectivity index (χ1n) is 9.97. The highest BCUT2D eigenvalue weighted by atomic mass is 32.2. The van der Waals surface area contributed by atoms with Crippen LogP contribution in [0.1, 0.15) is 45.2 Å². The number of aliphatic hydroxyl groups excluding tert-OH is 1. The minimum Gasteiger partial charge on any atom is -0.390 e. The number of aromatic nitrogens is 2. The summed E-state index contributed by atoms with van der Waals surface area (Å²) in [7, 11) is -3.75. The summed E-state index contributed by atoms with van der Waals surface area (Å²) in [6.07, 6.45) is 2.06. The molecule has 1 amide bonds. The van der Waals surface area contributed by atoms with Gasteiger partial charge < -0.3 is 15.0 Å². The maximum atomic E-state index is 13.1. The Kier molecular flexibility index (Phi) is 7.79. The third kappa shape index (κ3) is 6.65. The summed E-state index contributed by atoms with van der Waals surface area (Å²) in [4.78, 5) is 16.7. The van der Waals surface area contributed by atoms with Gasteiger partial charge in [-0.25, -0.2) is 13.4 Å². The smallest absolute Gasteiger partial charge is 0.287 e. The number of amides is 1. The van der Waals surface area contributed by atoms with Gasteiger partial charge >= 0.3 is 0 Å². The number of aliphatic hydroxyl groups is 1. The number of hydrogen-bond acceptors (Lipinski definition) is 5. The van der Waals surface area contributed by atoms with Crippen molar-refractivity contribution in [3.63, 3.8) is 0 Å². The van der Waals surface area contributed by atoms with Gasteiger partial charge in [0.15, 0.2) is 5.82 Å². The number of hydrogen-bond donors (Lipinski definition) is 2. The van der Waals surface area contributed by atoms with Gasteiger partial charge in [-0.1, -0.05) is 32.0 Å². The van der Waals surface area contributed by atoms with Gasteiger partial charge in [-0.15, -0.1) is 0 Å². The lowest BCUT2D eigenvalue weighted by molar-refractivity contribution is 0.0892. The standard InChI is InChI=1S/C21H32N4O4S/c1-16(2)13-25(30(28,29)18-9-7-6-8-10-18)15-17(26)14-24-12-11-22-19(24)20(27)23-21(3,4)5/h6-12,16-17,26H,13-15H2,1-5H3,(H,23,27). The van der Waals surface area contributed by atoms with E-state index in [0.29, 0.717) is 0 Å². The minimum absolute atomic E-state index is 0.0474. The van der Waals surface area contributed by atoms with Gasteiger partial charge in [-0.3, -0.25) is 4.79 Å². The van der Waals surface area contributed by atoms with Crippen LogP contribution in [0.5, 0.6) is 0 Å². The molecule has 0 saturated heterocycles. The molecule has 0 radical (unpaired) electrons. The summed E-state index contributed by atoms with van der Waals surface area (Å²) in [5.74, 6) is -0.0991. The van der Waals surface area contributed by atoms with E-state index in [1.165, 1.54) is 15.1 Å². The molecule has 1 aromatic heterocycles. The van der Waals surface area contributed by atoms with Crippen LogP contribution in [0.4, 0.5) is 0 Å². The number of carbonyl (C=O) groups excluding carboxylic acids is 1. The van der Waals surface area contributed by atoms with E-state index >= 15 is 0 Å². The number of nitrogens with one attached hydrogen (secondary N) is 1. The van der Waals surface area contributed by atoms with E-state index in [0.717, 1.165) is 0 Å². The average molecular weight is 437 g/mol. The fraction of sp³-hybridized carbons (Fsp3) is 0.524. The van der Waals surface area contributed by atoms with Crippen LogP contribution in [0, 0.1) is 5.92 Å². The molecule has 1 aromatic carbocycles. The van der Waals surface area contributed by atoms with Gasteiger partial charge in [-0.05, 0) is 38.8 Å². The van der Waals surface area contributed by atoms with Gasteiger partial charge in [0.25, 0.3) is 5.91 Å². The zero-order valence-corrected chi connectivity index (χ0v) is 19.1. The maximum Gasteiger partial charge on any atom is 0.287 e. The number of carbonyl (C=O) groups is 1. The molecule has 0 aliphatic carbocycles. The largest absolute Gasteiger partial charge is 0.390 e. The van der Waals surface area contributed by atoms with Crippen LogP contribution in [0.15, 0.2) is 47.6 Å². The number of imidazole rings is 1. The van der Waals surface area contributed by atoms with Crippen molar-refractivity contribution in [2.75, 3.05) is 13.1 Å². The molecular formula is C21H32N4O4S. The molecule has 0 aliphatic heterocycles. The number of rotatable bonds is 9. The summed E-state index contributed by atoms with van der Waals surface area (Å²) in [6.45, 7) is 9.67. The SMILES string of the molecule is CC(C)CN(CC(O)Cn1ccnc1C(=O)NC(C)(C)C)S(=O)(=O)c1ccccc1. The molecule has 2 N–H and O–H groups in total. The molecule has 2 aromatic rings. The summed E-state index contributed by atoms with van der Waals surface area (Å²) in [6, 6.07) is 8.18. The van der Waals surface area contributed by atoms with Gasteiger partial charge in [-0.2, -0.15) is 4.31 Å². The minimum atomic E-state index is -3.75. The Hall–Kier alpha value is -2.23. The average Bonchev–Trinajstić information content (AvgIpc) is 3.08. The molecular weight excluding hydrogens is 404 g/mol.